The van der Waals surface area contributed by atoms with Crippen LogP contribution in [-0.2, 0) is 0 Å². The summed E-state index contributed by atoms with van der Waals surface area (Å²) < 4.78 is 10.8. The molecule has 4 nitrogen and oxygen atoms in total. The lowest BCUT2D eigenvalue weighted by Crippen LogP contribution is -2.50. The van der Waals surface area contributed by atoms with E-state index in [0.717, 1.165) is 19.6 Å². The van der Waals surface area contributed by atoms with Crippen LogP contribution in [0.2, 0.25) is 0 Å². The van der Waals surface area contributed by atoms with Crippen LogP contribution in [0.15, 0.2) is 0 Å². The van der Waals surface area contributed by atoms with E-state index >= 15 is 0 Å². The van der Waals surface area contributed by atoms with Gasteiger partial charge in [0, 0.05) is 53.9 Å². The highest BCUT2D eigenvalue weighted by molar-refractivity contribution is 7.66. The van der Waals surface area contributed by atoms with Crippen LogP contribution in [0.3, 0.4) is 0 Å². The molecule has 0 heterocycles. The van der Waals surface area contributed by atoms with E-state index in [9.17, 15) is 0 Å². The molecule has 146 valence electrons. The van der Waals surface area contributed by atoms with Crippen LogP contribution < -0.4 is 0 Å². The summed E-state index contributed by atoms with van der Waals surface area (Å²) in [5.41, 5.74) is 0. The van der Waals surface area contributed by atoms with Crippen molar-refractivity contribution < 1.29 is 0 Å². The van der Waals surface area contributed by atoms with Crippen LogP contribution in [0.4, 0.5) is 0 Å². The standard InChI is InChI=1S/C19H46N4P/c1-9-14-16-18-23(19-17-15-10-2)24(20(6)11-3,21(7)12-4)22(8)13-5/h9-19H2,1-8H3/q+1. The predicted molar refractivity (Wildman–Crippen MR) is 112 cm³/mol. The van der Waals surface area contributed by atoms with Gasteiger partial charge in [-0.1, -0.05) is 39.5 Å². The molecule has 0 aliphatic carbocycles. The largest absolute Gasteiger partial charge is 0.307 e. The Morgan fingerprint density at radius 2 is 0.875 bits per heavy atom. The summed E-state index contributed by atoms with van der Waals surface area (Å²) >= 11 is 0. The lowest BCUT2D eigenvalue weighted by atomic mass is 10.2. The molecule has 0 saturated carbocycles. The van der Waals surface area contributed by atoms with Crippen LogP contribution in [0.5, 0.6) is 0 Å². The quantitative estimate of drug-likeness (QED) is 0.293. The van der Waals surface area contributed by atoms with Gasteiger partial charge in [-0.2, -0.15) is 0 Å². The van der Waals surface area contributed by atoms with E-state index in [1.54, 1.807) is 0 Å². The number of nitrogens with zero attached hydrogens (tertiary/aromatic N) is 4. The maximum Gasteiger partial charge on any atom is 0.307 e. The van der Waals surface area contributed by atoms with E-state index in [1.807, 2.05) is 0 Å². The molecule has 0 aliphatic rings. The fraction of sp³-hybridized carbons (Fsp3) is 1.00. The first-order chi connectivity index (χ1) is 11.5. The summed E-state index contributed by atoms with van der Waals surface area (Å²) in [6.07, 6.45) is 7.90. The van der Waals surface area contributed by atoms with Crippen LogP contribution in [0.25, 0.3) is 0 Å². The first kappa shape index (κ1) is 24.3. The Kier molecular flexibility index (Phi) is 13.6. The van der Waals surface area contributed by atoms with E-state index in [0.29, 0.717) is 0 Å². The third kappa shape index (κ3) is 6.21. The van der Waals surface area contributed by atoms with E-state index < -0.39 is 7.87 Å². The number of rotatable bonds is 15. The molecular formula is C19H46N4P+. The summed E-state index contributed by atoms with van der Waals surface area (Å²) in [5.74, 6) is 0. The van der Waals surface area contributed by atoms with Crippen molar-refractivity contribution in [2.75, 3.05) is 53.9 Å². The minimum Gasteiger partial charge on any atom is -0.136 e. The predicted octanol–water partition coefficient (Wildman–Crippen LogP) is 5.20. The lowest BCUT2D eigenvalue weighted by Gasteiger charge is -2.48. The molecular weight excluding hydrogens is 315 g/mol. The van der Waals surface area contributed by atoms with Gasteiger partial charge in [0.15, 0.2) is 0 Å². The fourth-order valence-corrected chi connectivity index (χ4v) is 8.29. The smallest absolute Gasteiger partial charge is 0.136 e. The lowest BCUT2D eigenvalue weighted by molar-refractivity contribution is 0.282. The summed E-state index contributed by atoms with van der Waals surface area (Å²) in [7, 11) is 5.37. The van der Waals surface area contributed by atoms with Gasteiger partial charge in [0.2, 0.25) is 0 Å². The Bertz CT molecular complexity index is 265. The highest BCUT2D eigenvalue weighted by Crippen LogP contribution is 2.68. The van der Waals surface area contributed by atoms with Crippen molar-refractivity contribution >= 4 is 7.87 Å². The van der Waals surface area contributed by atoms with Gasteiger partial charge in [-0.25, -0.2) is 0 Å². The molecule has 0 aromatic heterocycles. The molecule has 0 radical (unpaired) electrons. The van der Waals surface area contributed by atoms with Crippen molar-refractivity contribution in [3.8, 4) is 0 Å². The average molecular weight is 362 g/mol. The molecule has 0 spiro atoms. The molecule has 24 heavy (non-hydrogen) atoms. The molecule has 0 atom stereocenters. The molecule has 0 rings (SSSR count). The number of unbranched alkanes of at least 4 members (excludes halogenated alkanes) is 4. The second-order valence-corrected chi connectivity index (χ2v) is 10.5. The SMILES string of the molecule is CCCCCN(CCCCC)[P+](N(C)CC)(N(C)CC)N(C)CC. The van der Waals surface area contributed by atoms with E-state index in [2.05, 4.69) is 74.4 Å². The highest BCUT2D eigenvalue weighted by Gasteiger charge is 2.56. The molecule has 0 aliphatic heterocycles. The minimum absolute atomic E-state index is 1.10. The second-order valence-electron chi connectivity index (χ2n) is 6.83. The highest BCUT2D eigenvalue weighted by atomic mass is 31.2. The van der Waals surface area contributed by atoms with Gasteiger partial charge in [0.05, 0.1) is 0 Å². The molecule has 0 aromatic carbocycles. The van der Waals surface area contributed by atoms with Gasteiger partial charge in [0.25, 0.3) is 0 Å². The summed E-state index contributed by atoms with van der Waals surface area (Å²) in [5, 5.41) is 0. The van der Waals surface area contributed by atoms with Crippen LogP contribution >= 0.6 is 7.87 Å². The molecule has 0 bridgehead atoms. The Morgan fingerprint density at radius 3 is 1.12 bits per heavy atom. The molecule has 0 unspecified atom stereocenters. The summed E-state index contributed by atoms with van der Waals surface area (Å²) in [6.45, 7) is 17.3. The first-order valence-electron chi connectivity index (χ1n) is 10.3. The molecule has 0 saturated heterocycles. The maximum atomic E-state index is 2.86. The van der Waals surface area contributed by atoms with Gasteiger partial charge in [-0.05, 0) is 33.6 Å². The van der Waals surface area contributed by atoms with Gasteiger partial charge >= 0.3 is 7.87 Å². The first-order valence-corrected chi connectivity index (χ1v) is 11.9. The monoisotopic (exact) mass is 361 g/mol. The molecule has 5 heteroatoms. The zero-order chi connectivity index (χ0) is 18.6. The average Bonchev–Trinajstić information content (AvgIpc) is 2.60. The molecule has 0 aromatic rings. The molecule has 0 fully saturated rings. The molecule has 0 N–H and O–H groups in total. The van der Waals surface area contributed by atoms with Crippen molar-refractivity contribution in [1.82, 2.24) is 18.7 Å². The Labute approximate surface area is 154 Å². The van der Waals surface area contributed by atoms with Gasteiger partial charge in [0.1, 0.15) is 0 Å². The van der Waals surface area contributed by atoms with Crippen LogP contribution in [0, 0.1) is 0 Å². The minimum atomic E-state index is -1.63. The van der Waals surface area contributed by atoms with E-state index in [-0.39, 0.29) is 0 Å². The zero-order valence-electron chi connectivity index (χ0n) is 18.0. The van der Waals surface area contributed by atoms with Crippen molar-refractivity contribution in [3.63, 3.8) is 0 Å². The van der Waals surface area contributed by atoms with Crippen molar-refractivity contribution in [2.45, 2.75) is 73.1 Å². The van der Waals surface area contributed by atoms with Crippen LogP contribution in [-0.4, -0.2) is 72.5 Å². The zero-order valence-corrected chi connectivity index (χ0v) is 18.9. The fourth-order valence-electron chi connectivity index (χ4n) is 3.47. The number of hydrogen-bond donors (Lipinski definition) is 0. The van der Waals surface area contributed by atoms with Crippen molar-refractivity contribution in [2.24, 2.45) is 0 Å². The van der Waals surface area contributed by atoms with E-state index in [1.165, 1.54) is 51.6 Å². The van der Waals surface area contributed by atoms with Crippen molar-refractivity contribution in [3.05, 3.63) is 0 Å². The Morgan fingerprint density at radius 1 is 0.542 bits per heavy atom. The van der Waals surface area contributed by atoms with Crippen LogP contribution in [0.1, 0.15) is 73.1 Å². The van der Waals surface area contributed by atoms with E-state index in [4.69, 9.17) is 0 Å². The normalized spacial score (nSPS) is 13.0. The third-order valence-electron chi connectivity index (χ3n) is 5.17. The maximum absolute atomic E-state index is 2.86. The summed E-state index contributed by atoms with van der Waals surface area (Å²) in [6, 6.07) is 0. The Hall–Kier alpha value is 0.270. The number of hydrogen-bond acceptors (Lipinski definition) is 4. The topological polar surface area (TPSA) is 13.0 Å². The van der Waals surface area contributed by atoms with Gasteiger partial charge in [-0.3, -0.25) is 0 Å². The van der Waals surface area contributed by atoms with Crippen molar-refractivity contribution in [1.29, 1.82) is 0 Å². The summed E-state index contributed by atoms with van der Waals surface area (Å²) in [4.78, 5) is 0. The second kappa shape index (κ2) is 13.5. The molecule has 0 amide bonds. The van der Waals surface area contributed by atoms with Gasteiger partial charge < -0.3 is 0 Å². The Balaban J connectivity index is 5.70. The third-order valence-corrected chi connectivity index (χ3v) is 9.92. The van der Waals surface area contributed by atoms with Gasteiger partial charge in [-0.15, -0.1) is 18.7 Å².